The Morgan fingerprint density at radius 2 is 2.00 bits per heavy atom. The summed E-state index contributed by atoms with van der Waals surface area (Å²) in [4.78, 5) is 14.0. The summed E-state index contributed by atoms with van der Waals surface area (Å²) in [6.07, 6.45) is 2.45. The van der Waals surface area contributed by atoms with E-state index in [0.717, 1.165) is 12.1 Å². The molecule has 1 fully saturated rings. The zero-order valence-corrected chi connectivity index (χ0v) is 11.6. The van der Waals surface area contributed by atoms with Crippen LogP contribution in [-0.2, 0) is 6.54 Å². The third-order valence-electron chi connectivity index (χ3n) is 3.18. The Bertz CT molecular complexity index is 424. The van der Waals surface area contributed by atoms with E-state index in [1.54, 1.807) is 12.1 Å². The standard InChI is InChI=1S/C15H22N2O2/c1-11(2)16-15(19)17(9-12-3-4-12)10-13-5-7-14(18)8-6-13/h5-8,11-12,18H,3-4,9-10H2,1-2H3,(H,16,19). The first-order chi connectivity index (χ1) is 9.04. The average Bonchev–Trinajstić information content (AvgIpc) is 3.14. The molecule has 1 aliphatic carbocycles. The fraction of sp³-hybridized carbons (Fsp3) is 0.533. The molecule has 0 heterocycles. The molecule has 1 saturated carbocycles. The van der Waals surface area contributed by atoms with E-state index in [9.17, 15) is 9.90 Å². The lowest BCUT2D eigenvalue weighted by molar-refractivity contribution is 0.190. The van der Waals surface area contributed by atoms with Gasteiger partial charge in [0.05, 0.1) is 0 Å². The zero-order valence-electron chi connectivity index (χ0n) is 11.6. The number of nitrogens with one attached hydrogen (secondary N) is 1. The largest absolute Gasteiger partial charge is 0.508 e. The van der Waals surface area contributed by atoms with Gasteiger partial charge in [-0.15, -0.1) is 0 Å². The van der Waals surface area contributed by atoms with E-state index in [1.165, 1.54) is 12.8 Å². The highest BCUT2D eigenvalue weighted by Crippen LogP contribution is 2.30. The Morgan fingerprint density at radius 3 is 2.53 bits per heavy atom. The summed E-state index contributed by atoms with van der Waals surface area (Å²) in [5, 5.41) is 12.2. The zero-order chi connectivity index (χ0) is 13.8. The smallest absolute Gasteiger partial charge is 0.317 e. The maximum Gasteiger partial charge on any atom is 0.317 e. The monoisotopic (exact) mass is 262 g/mol. The maximum atomic E-state index is 12.2. The molecule has 1 aliphatic rings. The Kier molecular flexibility index (Phi) is 4.30. The number of phenolic OH excluding ortho intramolecular Hbond substituents is 1. The van der Waals surface area contributed by atoms with Crippen molar-refractivity contribution < 1.29 is 9.90 Å². The second-order valence-corrected chi connectivity index (χ2v) is 5.59. The summed E-state index contributed by atoms with van der Waals surface area (Å²) < 4.78 is 0. The molecular formula is C15H22N2O2. The topological polar surface area (TPSA) is 52.6 Å². The van der Waals surface area contributed by atoms with E-state index < -0.39 is 0 Å². The Balaban J connectivity index is 1.99. The van der Waals surface area contributed by atoms with Crippen molar-refractivity contribution in [1.29, 1.82) is 0 Å². The minimum Gasteiger partial charge on any atom is -0.508 e. The van der Waals surface area contributed by atoms with E-state index in [0.29, 0.717) is 12.5 Å². The van der Waals surface area contributed by atoms with Gasteiger partial charge in [-0.3, -0.25) is 0 Å². The van der Waals surface area contributed by atoms with E-state index in [4.69, 9.17) is 0 Å². The third-order valence-corrected chi connectivity index (χ3v) is 3.18. The lowest BCUT2D eigenvalue weighted by atomic mass is 10.2. The van der Waals surface area contributed by atoms with Crippen molar-refractivity contribution in [2.45, 2.75) is 39.3 Å². The van der Waals surface area contributed by atoms with Crippen LogP contribution in [0.5, 0.6) is 5.75 Å². The van der Waals surface area contributed by atoms with E-state index in [-0.39, 0.29) is 17.8 Å². The molecule has 104 valence electrons. The number of nitrogens with zero attached hydrogens (tertiary/aromatic N) is 1. The number of benzene rings is 1. The molecule has 4 heteroatoms. The fourth-order valence-electron chi connectivity index (χ4n) is 1.99. The molecule has 0 bridgehead atoms. The molecule has 0 spiro atoms. The summed E-state index contributed by atoms with van der Waals surface area (Å²) in [7, 11) is 0. The number of aromatic hydroxyl groups is 1. The number of hydrogen-bond acceptors (Lipinski definition) is 2. The van der Waals surface area contributed by atoms with Crippen molar-refractivity contribution in [2.75, 3.05) is 6.54 Å². The summed E-state index contributed by atoms with van der Waals surface area (Å²) >= 11 is 0. The molecule has 0 aromatic heterocycles. The SMILES string of the molecule is CC(C)NC(=O)N(Cc1ccc(O)cc1)CC1CC1. The van der Waals surface area contributed by atoms with Crippen molar-refractivity contribution in [2.24, 2.45) is 5.92 Å². The predicted molar refractivity (Wildman–Crippen MR) is 74.9 cm³/mol. The first-order valence-electron chi connectivity index (χ1n) is 6.88. The van der Waals surface area contributed by atoms with Crippen LogP contribution in [0, 0.1) is 5.92 Å². The Hall–Kier alpha value is -1.71. The molecule has 4 nitrogen and oxygen atoms in total. The van der Waals surface area contributed by atoms with Crippen LogP contribution in [0.2, 0.25) is 0 Å². The summed E-state index contributed by atoms with van der Waals surface area (Å²) in [6.45, 7) is 5.34. The van der Waals surface area contributed by atoms with Crippen molar-refractivity contribution in [1.82, 2.24) is 10.2 Å². The number of carbonyl (C=O) groups excluding carboxylic acids is 1. The summed E-state index contributed by atoms with van der Waals surface area (Å²) in [5.74, 6) is 0.916. The van der Waals surface area contributed by atoms with Crippen molar-refractivity contribution >= 4 is 6.03 Å². The van der Waals surface area contributed by atoms with Gasteiger partial charge in [0.25, 0.3) is 0 Å². The number of amides is 2. The molecule has 1 aromatic rings. The van der Waals surface area contributed by atoms with Crippen LogP contribution in [0.4, 0.5) is 4.79 Å². The van der Waals surface area contributed by atoms with Crippen LogP contribution >= 0.6 is 0 Å². The lowest BCUT2D eigenvalue weighted by Gasteiger charge is -2.24. The first kappa shape index (κ1) is 13.7. The van der Waals surface area contributed by atoms with Crippen LogP contribution in [0.15, 0.2) is 24.3 Å². The molecule has 0 aliphatic heterocycles. The number of carbonyl (C=O) groups is 1. The second-order valence-electron chi connectivity index (χ2n) is 5.59. The van der Waals surface area contributed by atoms with Gasteiger partial charge in [0.1, 0.15) is 5.75 Å². The van der Waals surface area contributed by atoms with Gasteiger partial charge in [0.2, 0.25) is 0 Å². The fourth-order valence-corrected chi connectivity index (χ4v) is 1.99. The second kappa shape index (κ2) is 5.95. The number of phenols is 1. The van der Waals surface area contributed by atoms with E-state index >= 15 is 0 Å². The van der Waals surface area contributed by atoms with E-state index in [1.807, 2.05) is 30.9 Å². The van der Waals surface area contributed by atoms with Gasteiger partial charge in [0, 0.05) is 19.1 Å². The molecule has 19 heavy (non-hydrogen) atoms. The van der Waals surface area contributed by atoms with Crippen LogP contribution in [-0.4, -0.2) is 28.6 Å². The summed E-state index contributed by atoms with van der Waals surface area (Å²) in [5.41, 5.74) is 1.04. The molecule has 2 rings (SSSR count). The van der Waals surface area contributed by atoms with Crippen LogP contribution in [0.3, 0.4) is 0 Å². The lowest BCUT2D eigenvalue weighted by Crippen LogP contribution is -2.43. The Labute approximate surface area is 114 Å². The summed E-state index contributed by atoms with van der Waals surface area (Å²) in [6, 6.07) is 7.18. The Morgan fingerprint density at radius 1 is 1.37 bits per heavy atom. The highest BCUT2D eigenvalue weighted by Gasteiger charge is 2.27. The highest BCUT2D eigenvalue weighted by atomic mass is 16.3. The molecule has 0 unspecified atom stereocenters. The van der Waals surface area contributed by atoms with Crippen molar-refractivity contribution in [3.8, 4) is 5.75 Å². The van der Waals surface area contributed by atoms with Gasteiger partial charge >= 0.3 is 6.03 Å². The molecule has 2 amide bonds. The molecule has 1 aromatic carbocycles. The van der Waals surface area contributed by atoms with Crippen LogP contribution in [0.1, 0.15) is 32.3 Å². The van der Waals surface area contributed by atoms with Gasteiger partial charge in [-0.1, -0.05) is 12.1 Å². The molecule has 0 atom stereocenters. The van der Waals surface area contributed by atoms with Crippen LogP contribution < -0.4 is 5.32 Å². The molecule has 0 radical (unpaired) electrons. The molecule has 0 saturated heterocycles. The van der Waals surface area contributed by atoms with Gasteiger partial charge in [-0.25, -0.2) is 4.79 Å². The predicted octanol–water partition coefficient (Wildman–Crippen LogP) is 2.72. The first-order valence-corrected chi connectivity index (χ1v) is 6.88. The minimum atomic E-state index is -0.00465. The average molecular weight is 262 g/mol. The molecular weight excluding hydrogens is 240 g/mol. The maximum absolute atomic E-state index is 12.2. The van der Waals surface area contributed by atoms with Gasteiger partial charge in [-0.05, 0) is 50.3 Å². The van der Waals surface area contributed by atoms with Crippen LogP contribution in [0.25, 0.3) is 0 Å². The number of urea groups is 1. The number of hydrogen-bond donors (Lipinski definition) is 2. The van der Waals surface area contributed by atoms with Gasteiger partial charge in [0.15, 0.2) is 0 Å². The molecule has 2 N–H and O–H groups in total. The van der Waals surface area contributed by atoms with E-state index in [2.05, 4.69) is 5.32 Å². The van der Waals surface area contributed by atoms with Crippen molar-refractivity contribution in [3.05, 3.63) is 29.8 Å². The minimum absolute atomic E-state index is 0.00465. The van der Waals surface area contributed by atoms with Gasteiger partial charge < -0.3 is 15.3 Å². The van der Waals surface area contributed by atoms with Gasteiger partial charge in [-0.2, -0.15) is 0 Å². The number of rotatable bonds is 5. The quantitative estimate of drug-likeness (QED) is 0.857. The normalized spacial score (nSPS) is 14.5. The third kappa shape index (κ3) is 4.47. The highest BCUT2D eigenvalue weighted by molar-refractivity contribution is 5.74. The van der Waals surface area contributed by atoms with Crippen molar-refractivity contribution in [3.63, 3.8) is 0 Å².